The van der Waals surface area contributed by atoms with Gasteiger partial charge in [-0.05, 0) is 42.5 Å². The minimum atomic E-state index is 0.0979. The van der Waals surface area contributed by atoms with Gasteiger partial charge in [0.1, 0.15) is 5.75 Å². The monoisotopic (exact) mass is 387 g/mol. The number of hydrogen-bond acceptors (Lipinski definition) is 6. The number of benzene rings is 1. The van der Waals surface area contributed by atoms with Crippen LogP contribution in [0.3, 0.4) is 0 Å². The zero-order valence-corrected chi connectivity index (χ0v) is 16.2. The van der Waals surface area contributed by atoms with Crippen LogP contribution in [-0.4, -0.2) is 31.1 Å². The second kappa shape index (κ2) is 7.63. The summed E-state index contributed by atoms with van der Waals surface area (Å²) in [5, 5.41) is 6.14. The third-order valence-electron chi connectivity index (χ3n) is 4.74. The molecule has 1 aromatic carbocycles. The van der Waals surface area contributed by atoms with Crippen LogP contribution in [0, 0.1) is 5.92 Å². The van der Waals surface area contributed by atoms with E-state index in [-0.39, 0.29) is 11.8 Å². The first-order valence-electron chi connectivity index (χ1n) is 8.72. The van der Waals surface area contributed by atoms with Crippen molar-refractivity contribution in [2.45, 2.75) is 19.4 Å². The van der Waals surface area contributed by atoms with Crippen LogP contribution in [0.25, 0.3) is 10.2 Å². The normalized spacial score (nSPS) is 15.3. The molecule has 136 valence electrons. The fourth-order valence-electron chi connectivity index (χ4n) is 3.22. The Morgan fingerprint density at radius 2 is 2.19 bits per heavy atom. The number of hydrogen-bond donors (Lipinski definition) is 1. The Bertz CT molecular complexity index is 883. The number of nitrogens with zero attached hydrogens (tertiary/aromatic N) is 2. The maximum atomic E-state index is 12.4. The van der Waals surface area contributed by atoms with Crippen molar-refractivity contribution < 1.29 is 9.53 Å². The third kappa shape index (κ3) is 3.68. The van der Waals surface area contributed by atoms with Crippen molar-refractivity contribution in [1.82, 2.24) is 10.3 Å². The highest BCUT2D eigenvalue weighted by molar-refractivity contribution is 7.22. The van der Waals surface area contributed by atoms with Gasteiger partial charge in [0, 0.05) is 23.9 Å². The van der Waals surface area contributed by atoms with E-state index in [1.54, 1.807) is 29.8 Å². The smallest absolute Gasteiger partial charge is 0.223 e. The zero-order valence-electron chi connectivity index (χ0n) is 14.6. The molecule has 5 nitrogen and oxygen atoms in total. The number of rotatable bonds is 5. The molecule has 0 saturated carbocycles. The molecule has 0 aliphatic carbocycles. The Kier molecular flexibility index (Phi) is 5.08. The maximum absolute atomic E-state index is 12.4. The summed E-state index contributed by atoms with van der Waals surface area (Å²) in [5.41, 5.74) is 1.00. The van der Waals surface area contributed by atoms with Gasteiger partial charge in [0.25, 0.3) is 0 Å². The van der Waals surface area contributed by atoms with Gasteiger partial charge in [-0.3, -0.25) is 4.79 Å². The first-order chi connectivity index (χ1) is 12.7. The lowest BCUT2D eigenvalue weighted by atomic mass is 9.96. The molecule has 3 aromatic rings. The van der Waals surface area contributed by atoms with Gasteiger partial charge in [-0.2, -0.15) is 0 Å². The number of aromatic nitrogens is 1. The highest BCUT2D eigenvalue weighted by atomic mass is 32.1. The lowest BCUT2D eigenvalue weighted by Gasteiger charge is -2.31. The minimum Gasteiger partial charge on any atom is -0.497 e. The number of nitrogens with one attached hydrogen (secondary N) is 1. The van der Waals surface area contributed by atoms with Crippen LogP contribution < -0.4 is 15.0 Å². The molecule has 0 radical (unpaired) electrons. The Hall–Kier alpha value is -2.12. The van der Waals surface area contributed by atoms with Crippen LogP contribution in [0.4, 0.5) is 5.13 Å². The maximum Gasteiger partial charge on any atom is 0.223 e. The number of ether oxygens (including phenoxy) is 1. The number of carbonyl (C=O) groups is 1. The molecule has 0 spiro atoms. The molecule has 0 bridgehead atoms. The fourth-order valence-corrected chi connectivity index (χ4v) is 4.91. The van der Waals surface area contributed by atoms with E-state index in [2.05, 4.69) is 16.3 Å². The summed E-state index contributed by atoms with van der Waals surface area (Å²) in [6.45, 7) is 2.37. The van der Waals surface area contributed by atoms with Gasteiger partial charge in [0.15, 0.2) is 5.13 Å². The average Bonchev–Trinajstić information content (AvgIpc) is 3.35. The molecule has 1 aliphatic rings. The summed E-state index contributed by atoms with van der Waals surface area (Å²) < 4.78 is 6.42. The zero-order chi connectivity index (χ0) is 17.9. The highest BCUT2D eigenvalue weighted by Crippen LogP contribution is 2.33. The van der Waals surface area contributed by atoms with E-state index in [1.807, 2.05) is 29.6 Å². The topological polar surface area (TPSA) is 54.5 Å². The second-order valence-electron chi connectivity index (χ2n) is 6.39. The number of amides is 1. The highest BCUT2D eigenvalue weighted by Gasteiger charge is 2.26. The largest absolute Gasteiger partial charge is 0.497 e. The predicted octanol–water partition coefficient (Wildman–Crippen LogP) is 3.90. The second-order valence-corrected chi connectivity index (χ2v) is 8.43. The van der Waals surface area contributed by atoms with Crippen LogP contribution >= 0.6 is 22.7 Å². The molecular formula is C19H21N3O2S2. The molecule has 4 rings (SSSR count). The number of methoxy groups -OCH3 is 1. The summed E-state index contributed by atoms with van der Waals surface area (Å²) in [6, 6.07) is 10.0. The number of thiophene rings is 1. The van der Waals surface area contributed by atoms with Gasteiger partial charge >= 0.3 is 0 Å². The van der Waals surface area contributed by atoms with Gasteiger partial charge in [-0.25, -0.2) is 4.98 Å². The van der Waals surface area contributed by atoms with Gasteiger partial charge < -0.3 is 15.0 Å². The third-order valence-corrected chi connectivity index (χ3v) is 6.69. The molecule has 1 aliphatic heterocycles. The van der Waals surface area contributed by atoms with Crippen molar-refractivity contribution in [3.63, 3.8) is 0 Å². The molecule has 7 heteroatoms. The number of thiazole rings is 1. The van der Waals surface area contributed by atoms with E-state index in [4.69, 9.17) is 9.72 Å². The molecule has 26 heavy (non-hydrogen) atoms. The Labute approximate surface area is 160 Å². The lowest BCUT2D eigenvalue weighted by Crippen LogP contribution is -2.40. The summed E-state index contributed by atoms with van der Waals surface area (Å²) in [5.74, 6) is 1.13. The number of fused-ring (bicyclic) bond motifs is 1. The van der Waals surface area contributed by atoms with E-state index in [9.17, 15) is 4.79 Å². The van der Waals surface area contributed by atoms with E-state index in [0.29, 0.717) is 6.54 Å². The Balaban J connectivity index is 1.35. The molecule has 1 amide bonds. The van der Waals surface area contributed by atoms with E-state index in [0.717, 1.165) is 47.0 Å². The van der Waals surface area contributed by atoms with Gasteiger partial charge in [0.2, 0.25) is 5.91 Å². The van der Waals surface area contributed by atoms with Crippen LogP contribution in [0.1, 0.15) is 17.7 Å². The lowest BCUT2D eigenvalue weighted by molar-refractivity contribution is -0.125. The Morgan fingerprint density at radius 3 is 2.92 bits per heavy atom. The molecule has 3 heterocycles. The minimum absolute atomic E-state index is 0.0979. The number of piperidine rings is 1. The molecule has 1 fully saturated rings. The van der Waals surface area contributed by atoms with Crippen molar-refractivity contribution in [2.75, 3.05) is 25.1 Å². The van der Waals surface area contributed by atoms with Gasteiger partial charge in [-0.15, -0.1) is 11.3 Å². The molecule has 0 unspecified atom stereocenters. The molecular weight excluding hydrogens is 366 g/mol. The summed E-state index contributed by atoms with van der Waals surface area (Å²) >= 11 is 3.36. The van der Waals surface area contributed by atoms with Crippen LogP contribution in [0.5, 0.6) is 5.75 Å². The molecule has 2 aromatic heterocycles. The van der Waals surface area contributed by atoms with Crippen molar-refractivity contribution in [1.29, 1.82) is 0 Å². The van der Waals surface area contributed by atoms with E-state index < -0.39 is 0 Å². The number of carbonyl (C=O) groups excluding carboxylic acids is 1. The van der Waals surface area contributed by atoms with E-state index >= 15 is 0 Å². The van der Waals surface area contributed by atoms with E-state index in [1.165, 1.54) is 4.88 Å². The summed E-state index contributed by atoms with van der Waals surface area (Å²) in [6.07, 6.45) is 1.74. The molecule has 1 N–H and O–H groups in total. The van der Waals surface area contributed by atoms with Crippen molar-refractivity contribution in [3.8, 4) is 5.75 Å². The fraction of sp³-hybridized carbons (Fsp3) is 0.368. The van der Waals surface area contributed by atoms with Gasteiger partial charge in [-0.1, -0.05) is 17.4 Å². The van der Waals surface area contributed by atoms with Crippen LogP contribution in [0.2, 0.25) is 0 Å². The molecule has 1 saturated heterocycles. The Morgan fingerprint density at radius 1 is 1.35 bits per heavy atom. The number of anilines is 1. The van der Waals surface area contributed by atoms with Crippen molar-refractivity contribution >= 4 is 43.9 Å². The predicted molar refractivity (Wildman–Crippen MR) is 107 cm³/mol. The van der Waals surface area contributed by atoms with Crippen molar-refractivity contribution in [2.24, 2.45) is 5.92 Å². The SMILES string of the molecule is COc1ccc2nc(N3CCC(C(=O)NCc4cccs4)CC3)sc2c1. The summed E-state index contributed by atoms with van der Waals surface area (Å²) in [7, 11) is 1.68. The first kappa shape index (κ1) is 17.3. The van der Waals surface area contributed by atoms with Crippen LogP contribution in [-0.2, 0) is 11.3 Å². The van der Waals surface area contributed by atoms with Crippen molar-refractivity contribution in [3.05, 3.63) is 40.6 Å². The standard InChI is InChI=1S/C19H21N3O2S2/c1-24-14-4-5-16-17(11-14)26-19(21-16)22-8-6-13(7-9-22)18(23)20-12-15-3-2-10-25-15/h2-5,10-11,13H,6-9,12H2,1H3,(H,20,23). The quantitative estimate of drug-likeness (QED) is 0.721. The van der Waals surface area contributed by atoms with Crippen LogP contribution in [0.15, 0.2) is 35.7 Å². The first-order valence-corrected chi connectivity index (χ1v) is 10.4. The molecule has 0 atom stereocenters. The average molecular weight is 388 g/mol. The van der Waals surface area contributed by atoms with Gasteiger partial charge in [0.05, 0.1) is 23.9 Å². The summed E-state index contributed by atoms with van der Waals surface area (Å²) in [4.78, 5) is 20.6.